The SMILES string of the molecule is Cl.NC1(c2cccc(F)c2)CCCC(O)C1=O. The molecule has 1 aliphatic carbocycles. The molecule has 1 aromatic rings. The molecule has 0 amide bonds. The second kappa shape index (κ2) is 5.12. The van der Waals surface area contributed by atoms with Crippen molar-refractivity contribution in [2.75, 3.05) is 0 Å². The summed E-state index contributed by atoms with van der Waals surface area (Å²) in [5.74, 6) is -0.834. The lowest BCUT2D eigenvalue weighted by molar-refractivity contribution is -0.136. The van der Waals surface area contributed by atoms with Gasteiger partial charge in [0.2, 0.25) is 0 Å². The molecular formula is C12H15ClFNO2. The summed E-state index contributed by atoms with van der Waals surface area (Å²) in [7, 11) is 0. The maximum atomic E-state index is 13.1. The number of nitrogens with two attached hydrogens (primary N) is 1. The average Bonchev–Trinajstić information content (AvgIpc) is 2.26. The van der Waals surface area contributed by atoms with Gasteiger partial charge in [-0.1, -0.05) is 12.1 Å². The van der Waals surface area contributed by atoms with Crippen molar-refractivity contribution in [3.63, 3.8) is 0 Å². The van der Waals surface area contributed by atoms with Crippen LogP contribution in [0.3, 0.4) is 0 Å². The van der Waals surface area contributed by atoms with E-state index in [0.29, 0.717) is 24.8 Å². The Morgan fingerprint density at radius 1 is 1.47 bits per heavy atom. The first-order valence-electron chi connectivity index (χ1n) is 5.31. The Morgan fingerprint density at radius 3 is 2.82 bits per heavy atom. The molecule has 0 aliphatic heterocycles. The van der Waals surface area contributed by atoms with E-state index in [4.69, 9.17) is 5.73 Å². The van der Waals surface area contributed by atoms with Gasteiger partial charge in [0.05, 0.1) is 0 Å². The van der Waals surface area contributed by atoms with Crippen LogP contribution in [0.1, 0.15) is 24.8 Å². The number of halogens is 2. The van der Waals surface area contributed by atoms with Gasteiger partial charge in [-0.2, -0.15) is 0 Å². The van der Waals surface area contributed by atoms with Crippen LogP contribution < -0.4 is 5.73 Å². The zero-order chi connectivity index (χ0) is 11.8. The van der Waals surface area contributed by atoms with E-state index in [2.05, 4.69) is 0 Å². The van der Waals surface area contributed by atoms with Gasteiger partial charge >= 0.3 is 0 Å². The van der Waals surface area contributed by atoms with Crippen LogP contribution in [0.25, 0.3) is 0 Å². The van der Waals surface area contributed by atoms with Crippen LogP contribution in [0.2, 0.25) is 0 Å². The van der Waals surface area contributed by atoms with Crippen molar-refractivity contribution >= 4 is 18.2 Å². The first-order valence-corrected chi connectivity index (χ1v) is 5.31. The van der Waals surface area contributed by atoms with E-state index in [1.807, 2.05) is 0 Å². The highest BCUT2D eigenvalue weighted by Gasteiger charge is 2.42. The fourth-order valence-electron chi connectivity index (χ4n) is 2.18. The number of rotatable bonds is 1. The number of carbonyl (C=O) groups is 1. The van der Waals surface area contributed by atoms with Gasteiger partial charge < -0.3 is 10.8 Å². The number of Topliss-reactive ketones (excluding diaryl/α,β-unsaturated/α-hetero) is 1. The zero-order valence-electron chi connectivity index (χ0n) is 9.23. The normalized spacial score (nSPS) is 28.6. The molecule has 0 radical (unpaired) electrons. The van der Waals surface area contributed by atoms with Gasteiger partial charge in [-0.15, -0.1) is 12.4 Å². The second-order valence-corrected chi connectivity index (χ2v) is 4.25. The molecule has 1 aliphatic rings. The van der Waals surface area contributed by atoms with Gasteiger partial charge in [-0.3, -0.25) is 4.79 Å². The summed E-state index contributed by atoms with van der Waals surface area (Å²) in [6, 6.07) is 5.71. The Morgan fingerprint density at radius 2 is 2.18 bits per heavy atom. The lowest BCUT2D eigenvalue weighted by Crippen LogP contribution is -2.52. The summed E-state index contributed by atoms with van der Waals surface area (Å²) in [4.78, 5) is 11.9. The summed E-state index contributed by atoms with van der Waals surface area (Å²) < 4.78 is 13.1. The van der Waals surface area contributed by atoms with E-state index >= 15 is 0 Å². The smallest absolute Gasteiger partial charge is 0.185 e. The molecule has 94 valence electrons. The number of aliphatic hydroxyl groups excluding tert-OH is 1. The van der Waals surface area contributed by atoms with E-state index in [1.165, 1.54) is 18.2 Å². The summed E-state index contributed by atoms with van der Waals surface area (Å²) in [6.07, 6.45) is 0.529. The number of aliphatic hydroxyl groups is 1. The van der Waals surface area contributed by atoms with E-state index in [-0.39, 0.29) is 12.4 Å². The Labute approximate surface area is 105 Å². The molecule has 3 nitrogen and oxygen atoms in total. The second-order valence-electron chi connectivity index (χ2n) is 4.25. The summed E-state index contributed by atoms with van der Waals surface area (Å²) in [6.45, 7) is 0. The average molecular weight is 260 g/mol. The topological polar surface area (TPSA) is 63.3 Å². The molecule has 0 saturated heterocycles. The summed E-state index contributed by atoms with van der Waals surface area (Å²) in [5, 5.41) is 9.52. The minimum atomic E-state index is -1.24. The van der Waals surface area contributed by atoms with Crippen molar-refractivity contribution in [2.45, 2.75) is 30.9 Å². The third-order valence-electron chi connectivity index (χ3n) is 3.13. The highest BCUT2D eigenvalue weighted by Crippen LogP contribution is 2.32. The Balaban J connectivity index is 0.00000144. The van der Waals surface area contributed by atoms with Gasteiger partial charge in [-0.05, 0) is 37.0 Å². The highest BCUT2D eigenvalue weighted by molar-refractivity contribution is 5.93. The van der Waals surface area contributed by atoms with E-state index < -0.39 is 23.2 Å². The number of hydrogen-bond acceptors (Lipinski definition) is 3. The molecule has 17 heavy (non-hydrogen) atoms. The number of hydrogen-bond donors (Lipinski definition) is 2. The Bertz CT molecular complexity index is 427. The predicted molar refractivity (Wildman–Crippen MR) is 64.4 cm³/mol. The van der Waals surface area contributed by atoms with Crippen LogP contribution in [0.5, 0.6) is 0 Å². The number of benzene rings is 1. The summed E-state index contributed by atoms with van der Waals surface area (Å²) in [5.41, 5.74) is 5.21. The molecule has 0 spiro atoms. The van der Waals surface area contributed by atoms with Crippen LogP contribution in [0, 0.1) is 5.82 Å². The lowest BCUT2D eigenvalue weighted by atomic mass is 9.75. The van der Waals surface area contributed by atoms with Crippen LogP contribution in [-0.2, 0) is 10.3 Å². The Kier molecular flexibility index (Phi) is 4.25. The predicted octanol–water partition coefficient (Wildman–Crippen LogP) is 1.52. The van der Waals surface area contributed by atoms with Crippen molar-refractivity contribution in [1.29, 1.82) is 0 Å². The molecule has 1 aromatic carbocycles. The largest absolute Gasteiger partial charge is 0.385 e. The van der Waals surface area contributed by atoms with Crippen molar-refractivity contribution in [3.05, 3.63) is 35.6 Å². The minimum absolute atomic E-state index is 0. The van der Waals surface area contributed by atoms with Crippen molar-refractivity contribution in [1.82, 2.24) is 0 Å². The molecule has 2 atom stereocenters. The lowest BCUT2D eigenvalue weighted by Gasteiger charge is -2.34. The van der Waals surface area contributed by atoms with Crippen molar-refractivity contribution in [2.24, 2.45) is 5.73 Å². The van der Waals surface area contributed by atoms with Gasteiger partial charge in [-0.25, -0.2) is 4.39 Å². The molecule has 0 heterocycles. The van der Waals surface area contributed by atoms with E-state index in [9.17, 15) is 14.3 Å². The number of ketones is 1. The molecule has 0 bridgehead atoms. The molecule has 0 aromatic heterocycles. The van der Waals surface area contributed by atoms with Crippen molar-refractivity contribution in [3.8, 4) is 0 Å². The monoisotopic (exact) mass is 259 g/mol. The Hall–Kier alpha value is -0.970. The van der Waals surface area contributed by atoms with Crippen LogP contribution >= 0.6 is 12.4 Å². The number of carbonyl (C=O) groups excluding carboxylic acids is 1. The minimum Gasteiger partial charge on any atom is -0.385 e. The van der Waals surface area contributed by atoms with Crippen LogP contribution in [-0.4, -0.2) is 17.0 Å². The first-order chi connectivity index (χ1) is 7.54. The van der Waals surface area contributed by atoms with Crippen LogP contribution in [0.15, 0.2) is 24.3 Å². The molecule has 2 rings (SSSR count). The highest BCUT2D eigenvalue weighted by atomic mass is 35.5. The van der Waals surface area contributed by atoms with E-state index in [0.717, 1.165) is 0 Å². The molecule has 2 unspecified atom stereocenters. The van der Waals surface area contributed by atoms with Crippen molar-refractivity contribution < 1.29 is 14.3 Å². The molecule has 3 N–H and O–H groups in total. The fourth-order valence-corrected chi connectivity index (χ4v) is 2.18. The molecule has 1 fully saturated rings. The van der Waals surface area contributed by atoms with Gasteiger partial charge in [0.25, 0.3) is 0 Å². The molecule has 1 saturated carbocycles. The van der Waals surface area contributed by atoms with Crippen LogP contribution in [0.4, 0.5) is 4.39 Å². The molecular weight excluding hydrogens is 245 g/mol. The standard InChI is InChI=1S/C12H14FNO2.ClH/c13-9-4-1-3-8(7-9)12(14)6-2-5-10(15)11(12)16;/h1,3-4,7,10,15H,2,5-6,14H2;1H. The third kappa shape index (κ3) is 2.49. The quantitative estimate of drug-likeness (QED) is 0.804. The van der Waals surface area contributed by atoms with E-state index in [1.54, 1.807) is 6.07 Å². The zero-order valence-corrected chi connectivity index (χ0v) is 10.0. The van der Waals surface area contributed by atoms with Gasteiger partial charge in [0.15, 0.2) is 5.78 Å². The van der Waals surface area contributed by atoms with Gasteiger partial charge in [0, 0.05) is 0 Å². The summed E-state index contributed by atoms with van der Waals surface area (Å²) >= 11 is 0. The van der Waals surface area contributed by atoms with Gasteiger partial charge in [0.1, 0.15) is 17.5 Å². The first kappa shape index (κ1) is 14.1. The molecule has 5 heteroatoms. The fraction of sp³-hybridized carbons (Fsp3) is 0.417. The third-order valence-corrected chi connectivity index (χ3v) is 3.13. The maximum Gasteiger partial charge on any atom is 0.185 e. The maximum absolute atomic E-state index is 13.1.